The fourth-order valence-electron chi connectivity index (χ4n) is 1.38. The molecule has 6 nitrogen and oxygen atoms in total. The third-order valence-electron chi connectivity index (χ3n) is 2.15. The van der Waals surface area contributed by atoms with Crippen molar-refractivity contribution < 1.29 is 19.1 Å². The molecule has 0 spiro atoms. The third kappa shape index (κ3) is 2.20. The molecule has 1 amide bonds. The van der Waals surface area contributed by atoms with Crippen LogP contribution in [0.15, 0.2) is 33.8 Å². The van der Waals surface area contributed by atoms with E-state index in [2.05, 4.69) is 15.3 Å². The number of hydrogen-bond donors (Lipinski definition) is 2. The molecule has 0 atom stereocenters. The number of aromatic hydroxyl groups is 1. The number of amides is 1. The molecule has 0 radical (unpaired) electrons. The molecule has 1 heterocycles. The van der Waals surface area contributed by atoms with Gasteiger partial charge in [0.15, 0.2) is 5.76 Å². The highest BCUT2D eigenvalue weighted by molar-refractivity contribution is 6.00. The summed E-state index contributed by atoms with van der Waals surface area (Å²) in [5.41, 5.74) is 2.12. The maximum atomic E-state index is 10.7. The van der Waals surface area contributed by atoms with E-state index in [1.165, 1.54) is 13.3 Å². The number of nitrogens with one attached hydrogen (secondary N) is 1. The van der Waals surface area contributed by atoms with Crippen LogP contribution in [0.4, 0.5) is 4.79 Å². The molecule has 6 heteroatoms. The van der Waals surface area contributed by atoms with Gasteiger partial charge in [0.2, 0.25) is 0 Å². The summed E-state index contributed by atoms with van der Waals surface area (Å²) in [6.45, 7) is 0. The number of rotatable bonds is 2. The van der Waals surface area contributed by atoms with Crippen LogP contribution in [0.25, 0.3) is 10.8 Å². The summed E-state index contributed by atoms with van der Waals surface area (Å²) < 4.78 is 9.43. The summed E-state index contributed by atoms with van der Waals surface area (Å²) in [5.74, 6) is 0.176. The van der Waals surface area contributed by atoms with E-state index in [0.717, 1.165) is 0 Å². The predicted molar refractivity (Wildman–Crippen MR) is 61.0 cm³/mol. The van der Waals surface area contributed by atoms with Gasteiger partial charge in [-0.3, -0.25) is 0 Å². The fraction of sp³-hybridized carbons (Fsp3) is 0.0909. The molecule has 0 aliphatic heterocycles. The molecule has 0 saturated heterocycles. The minimum absolute atomic E-state index is 0.180. The molecular weight excluding hydrogens is 224 g/mol. The Bertz CT molecular complexity index is 574. The van der Waals surface area contributed by atoms with Gasteiger partial charge in [-0.25, -0.2) is 10.2 Å². The number of methoxy groups -OCH3 is 1. The van der Waals surface area contributed by atoms with Crippen LogP contribution in [0.2, 0.25) is 0 Å². The molecule has 0 saturated carbocycles. The third-order valence-corrected chi connectivity index (χ3v) is 2.15. The van der Waals surface area contributed by atoms with E-state index in [0.29, 0.717) is 16.5 Å². The Hall–Kier alpha value is -2.50. The maximum absolute atomic E-state index is 10.7. The Morgan fingerprint density at radius 3 is 2.88 bits per heavy atom. The molecule has 0 unspecified atom stereocenters. The Balaban J connectivity index is 2.27. The zero-order chi connectivity index (χ0) is 12.3. The smallest absolute Gasteiger partial charge is 0.427 e. The minimum Gasteiger partial charge on any atom is -0.480 e. The van der Waals surface area contributed by atoms with Crippen LogP contribution in [0.1, 0.15) is 5.76 Å². The van der Waals surface area contributed by atoms with Gasteiger partial charge in [-0.2, -0.15) is 5.10 Å². The summed E-state index contributed by atoms with van der Waals surface area (Å²) in [7, 11) is 1.24. The van der Waals surface area contributed by atoms with Crippen molar-refractivity contribution in [2.75, 3.05) is 7.11 Å². The number of hydrogen-bond acceptors (Lipinski definition) is 5. The molecule has 88 valence electrons. The van der Waals surface area contributed by atoms with Gasteiger partial charge in [0, 0.05) is 5.39 Å². The first-order valence-electron chi connectivity index (χ1n) is 4.80. The summed E-state index contributed by atoms with van der Waals surface area (Å²) in [4.78, 5) is 10.7. The first-order valence-corrected chi connectivity index (χ1v) is 4.80. The van der Waals surface area contributed by atoms with Gasteiger partial charge in [-0.05, 0) is 6.07 Å². The van der Waals surface area contributed by atoms with Crippen molar-refractivity contribution >= 4 is 23.1 Å². The van der Waals surface area contributed by atoms with Crippen LogP contribution in [-0.2, 0) is 4.74 Å². The lowest BCUT2D eigenvalue weighted by atomic mass is 10.2. The van der Waals surface area contributed by atoms with Crippen molar-refractivity contribution in [2.24, 2.45) is 5.10 Å². The van der Waals surface area contributed by atoms with Crippen LogP contribution < -0.4 is 5.43 Å². The van der Waals surface area contributed by atoms with Crippen LogP contribution in [0, 0.1) is 0 Å². The monoisotopic (exact) mass is 234 g/mol. The van der Waals surface area contributed by atoms with Gasteiger partial charge >= 0.3 is 6.09 Å². The van der Waals surface area contributed by atoms with Crippen molar-refractivity contribution in [1.82, 2.24) is 5.43 Å². The van der Waals surface area contributed by atoms with Crippen LogP contribution in [-0.4, -0.2) is 24.5 Å². The number of carbonyl (C=O) groups excluding carboxylic acids is 1. The average Bonchev–Trinajstić information content (AvgIpc) is 2.67. The van der Waals surface area contributed by atoms with Crippen molar-refractivity contribution in [2.45, 2.75) is 0 Å². The fourth-order valence-corrected chi connectivity index (χ4v) is 1.38. The van der Waals surface area contributed by atoms with Gasteiger partial charge in [0.1, 0.15) is 0 Å². The number of carbonyl (C=O) groups is 1. The SMILES string of the molecule is COC(=O)N/N=C\c1oc(O)c2ccccc12. The van der Waals surface area contributed by atoms with Crippen LogP contribution >= 0.6 is 0 Å². The number of hydrazone groups is 1. The highest BCUT2D eigenvalue weighted by atomic mass is 16.5. The minimum atomic E-state index is -0.679. The van der Waals surface area contributed by atoms with E-state index in [1.807, 2.05) is 6.07 Å². The highest BCUT2D eigenvalue weighted by Crippen LogP contribution is 2.29. The number of ether oxygens (including phenoxy) is 1. The molecule has 2 rings (SSSR count). The second-order valence-corrected chi connectivity index (χ2v) is 3.18. The molecule has 0 aliphatic rings. The van der Waals surface area contributed by atoms with Crippen molar-refractivity contribution in [3.8, 4) is 5.95 Å². The van der Waals surface area contributed by atoms with Crippen LogP contribution in [0.5, 0.6) is 5.95 Å². The molecule has 2 aromatic rings. The average molecular weight is 234 g/mol. The molecule has 2 N–H and O–H groups in total. The topological polar surface area (TPSA) is 84.1 Å². The Morgan fingerprint density at radius 2 is 2.18 bits per heavy atom. The van der Waals surface area contributed by atoms with E-state index in [4.69, 9.17) is 4.42 Å². The number of benzene rings is 1. The largest absolute Gasteiger partial charge is 0.480 e. The van der Waals surface area contributed by atoms with Gasteiger partial charge < -0.3 is 14.3 Å². The van der Waals surface area contributed by atoms with E-state index in [-0.39, 0.29) is 5.95 Å². The van der Waals surface area contributed by atoms with Gasteiger partial charge in [-0.15, -0.1) is 0 Å². The standard InChI is InChI=1S/C11H10N2O4/c1-16-11(15)13-12-6-9-7-4-2-3-5-8(7)10(14)17-9/h2-6,14H,1H3,(H,13,15)/b12-6-. The lowest BCUT2D eigenvalue weighted by Crippen LogP contribution is -2.16. The van der Waals surface area contributed by atoms with E-state index in [9.17, 15) is 9.90 Å². The van der Waals surface area contributed by atoms with Crippen molar-refractivity contribution in [3.05, 3.63) is 30.0 Å². The lowest BCUT2D eigenvalue weighted by Gasteiger charge is -1.94. The van der Waals surface area contributed by atoms with E-state index >= 15 is 0 Å². The molecule has 0 bridgehead atoms. The first kappa shape index (κ1) is 11.0. The number of nitrogens with zero attached hydrogens (tertiary/aromatic N) is 1. The lowest BCUT2D eigenvalue weighted by molar-refractivity contribution is 0.171. The second kappa shape index (κ2) is 4.56. The van der Waals surface area contributed by atoms with E-state index < -0.39 is 6.09 Å². The zero-order valence-corrected chi connectivity index (χ0v) is 9.01. The van der Waals surface area contributed by atoms with Gasteiger partial charge in [0.25, 0.3) is 5.95 Å². The first-order chi connectivity index (χ1) is 8.22. The van der Waals surface area contributed by atoms with E-state index in [1.54, 1.807) is 18.2 Å². The Morgan fingerprint density at radius 1 is 1.47 bits per heavy atom. The summed E-state index contributed by atoms with van der Waals surface area (Å²) in [5, 5.41) is 14.4. The van der Waals surface area contributed by atoms with Crippen molar-refractivity contribution in [1.29, 1.82) is 0 Å². The van der Waals surface area contributed by atoms with Gasteiger partial charge in [0.05, 0.1) is 18.7 Å². The Kier molecular flexibility index (Phi) is 2.95. The predicted octanol–water partition coefficient (Wildman–Crippen LogP) is 1.83. The molecule has 0 aliphatic carbocycles. The van der Waals surface area contributed by atoms with Gasteiger partial charge in [-0.1, -0.05) is 18.2 Å². The molecule has 0 fully saturated rings. The van der Waals surface area contributed by atoms with Crippen molar-refractivity contribution in [3.63, 3.8) is 0 Å². The Labute approximate surface area is 96.5 Å². The highest BCUT2D eigenvalue weighted by Gasteiger charge is 2.09. The summed E-state index contributed by atoms with van der Waals surface area (Å²) >= 11 is 0. The molecule has 1 aromatic heterocycles. The second-order valence-electron chi connectivity index (χ2n) is 3.18. The molecule has 17 heavy (non-hydrogen) atoms. The molecule has 1 aromatic carbocycles. The quantitative estimate of drug-likeness (QED) is 0.613. The molecular formula is C11H10N2O4. The number of furan rings is 1. The summed E-state index contributed by atoms with van der Waals surface area (Å²) in [6.07, 6.45) is 0.611. The maximum Gasteiger partial charge on any atom is 0.427 e. The summed E-state index contributed by atoms with van der Waals surface area (Å²) in [6, 6.07) is 7.09. The van der Waals surface area contributed by atoms with Crippen LogP contribution in [0.3, 0.4) is 0 Å². The number of fused-ring (bicyclic) bond motifs is 1. The zero-order valence-electron chi connectivity index (χ0n) is 9.01. The normalized spacial score (nSPS) is 10.9.